The van der Waals surface area contributed by atoms with Crippen LogP contribution in [0, 0.1) is 0 Å². The molecule has 0 fully saturated rings. The Morgan fingerprint density at radius 2 is 1.89 bits per heavy atom. The van der Waals surface area contributed by atoms with Crippen LogP contribution in [0.5, 0.6) is 0 Å². The molecule has 0 heterocycles. The maximum atomic E-state index is 3.67. The van der Waals surface area contributed by atoms with Gasteiger partial charge in [-0.3, -0.25) is 0 Å². The van der Waals surface area contributed by atoms with Crippen molar-refractivity contribution in [3.8, 4) is 0 Å². The third-order valence-corrected chi connectivity index (χ3v) is 2.03. The molecule has 50 valence electrons. The van der Waals surface area contributed by atoms with E-state index in [9.17, 15) is 0 Å². The van der Waals surface area contributed by atoms with Crippen LogP contribution in [0.15, 0.2) is 35.8 Å². The molecule has 0 nitrogen and oxygen atoms in total. The Balaban J connectivity index is 4.36. The van der Waals surface area contributed by atoms with Crippen LogP contribution in [-0.4, -0.2) is 6.26 Å². The molecule has 0 aliphatic rings. The van der Waals surface area contributed by atoms with E-state index in [1.165, 1.54) is 10.5 Å². The largest absolute Gasteiger partial charge is 0.129 e. The quantitative estimate of drug-likeness (QED) is 0.543. The fourth-order valence-corrected chi connectivity index (χ4v) is 1.08. The highest BCUT2D eigenvalue weighted by Gasteiger charge is 1.89. The molecule has 0 N–H and O–H groups in total. The lowest BCUT2D eigenvalue weighted by Crippen LogP contribution is -1.73. The molecule has 0 radical (unpaired) electrons. The zero-order valence-corrected chi connectivity index (χ0v) is 6.79. The normalized spacial score (nSPS) is 12.2. The van der Waals surface area contributed by atoms with Gasteiger partial charge in [0.2, 0.25) is 0 Å². The summed E-state index contributed by atoms with van der Waals surface area (Å²) < 4.78 is 0. The number of allylic oxidation sites excluding steroid dienone is 3. The molecule has 0 aliphatic carbocycles. The molecule has 0 aliphatic heterocycles. The van der Waals surface area contributed by atoms with Crippen LogP contribution in [0.4, 0.5) is 0 Å². The van der Waals surface area contributed by atoms with Crippen LogP contribution >= 0.6 is 11.8 Å². The smallest absolute Gasteiger partial charge is 0.00922 e. The first-order chi connectivity index (χ1) is 4.26. The van der Waals surface area contributed by atoms with E-state index in [-0.39, 0.29) is 0 Å². The molecule has 9 heavy (non-hydrogen) atoms. The lowest BCUT2D eigenvalue weighted by Gasteiger charge is -1.97. The average molecular weight is 140 g/mol. The molecule has 0 aromatic rings. The summed E-state index contributed by atoms with van der Waals surface area (Å²) in [5.74, 6) is 0. The number of hydrogen-bond donors (Lipinski definition) is 0. The number of rotatable bonds is 3. The predicted molar refractivity (Wildman–Crippen MR) is 46.6 cm³/mol. The van der Waals surface area contributed by atoms with Gasteiger partial charge < -0.3 is 0 Å². The van der Waals surface area contributed by atoms with Crippen molar-refractivity contribution >= 4 is 11.8 Å². The minimum atomic E-state index is 1.19. The predicted octanol–water partition coefficient (Wildman–Crippen LogP) is 3.00. The van der Waals surface area contributed by atoms with E-state index < -0.39 is 0 Å². The summed E-state index contributed by atoms with van der Waals surface area (Å²) in [5, 5.41) is 0. The Hall–Kier alpha value is -0.430. The molecule has 0 saturated carbocycles. The first-order valence-electron chi connectivity index (χ1n) is 2.76. The Bertz CT molecular complexity index is 143. The molecule has 0 aromatic carbocycles. The summed E-state index contributed by atoms with van der Waals surface area (Å²) in [6, 6.07) is 0. The highest BCUT2D eigenvalue weighted by atomic mass is 32.2. The van der Waals surface area contributed by atoms with Gasteiger partial charge in [-0.25, -0.2) is 0 Å². The van der Waals surface area contributed by atoms with E-state index in [2.05, 4.69) is 13.2 Å². The summed E-state index contributed by atoms with van der Waals surface area (Å²) in [7, 11) is 0. The minimum absolute atomic E-state index is 1.19. The van der Waals surface area contributed by atoms with Crippen molar-refractivity contribution in [3.05, 3.63) is 35.8 Å². The van der Waals surface area contributed by atoms with Crippen molar-refractivity contribution in [2.24, 2.45) is 0 Å². The maximum Gasteiger partial charge on any atom is 0.00922 e. The Labute approximate surface area is 61.3 Å². The van der Waals surface area contributed by atoms with Crippen molar-refractivity contribution < 1.29 is 0 Å². The van der Waals surface area contributed by atoms with Gasteiger partial charge >= 0.3 is 0 Å². The molecular formula is C8H12S. The number of hydrogen-bond acceptors (Lipinski definition) is 1. The fraction of sp³-hybridized carbons (Fsp3) is 0.250. The van der Waals surface area contributed by atoms with Gasteiger partial charge in [-0.05, 0) is 18.8 Å². The summed E-state index contributed by atoms with van der Waals surface area (Å²) in [6.07, 6.45) is 5.72. The first kappa shape index (κ1) is 8.57. The van der Waals surface area contributed by atoms with Crippen LogP contribution in [0.1, 0.15) is 6.92 Å². The van der Waals surface area contributed by atoms with Gasteiger partial charge in [0.15, 0.2) is 0 Å². The molecule has 0 spiro atoms. The molecule has 0 unspecified atom stereocenters. The summed E-state index contributed by atoms with van der Waals surface area (Å²) in [5.41, 5.74) is 1.19. The molecule has 0 aromatic heterocycles. The lowest BCUT2D eigenvalue weighted by atomic mass is 10.3. The Kier molecular flexibility index (Phi) is 4.24. The molecule has 1 heteroatoms. The van der Waals surface area contributed by atoms with E-state index in [1.807, 2.05) is 25.3 Å². The topological polar surface area (TPSA) is 0 Å². The highest BCUT2D eigenvalue weighted by Crippen LogP contribution is 2.17. The van der Waals surface area contributed by atoms with Gasteiger partial charge in [0.1, 0.15) is 0 Å². The fourth-order valence-electron chi connectivity index (χ4n) is 0.506. The van der Waals surface area contributed by atoms with Crippen molar-refractivity contribution in [1.82, 2.24) is 0 Å². The van der Waals surface area contributed by atoms with E-state index in [4.69, 9.17) is 0 Å². The Morgan fingerprint density at radius 1 is 1.33 bits per heavy atom. The third-order valence-electron chi connectivity index (χ3n) is 1.10. The van der Waals surface area contributed by atoms with Crippen LogP contribution < -0.4 is 0 Å². The van der Waals surface area contributed by atoms with Crippen LogP contribution in [0.25, 0.3) is 0 Å². The highest BCUT2D eigenvalue weighted by molar-refractivity contribution is 8.02. The van der Waals surface area contributed by atoms with E-state index >= 15 is 0 Å². The van der Waals surface area contributed by atoms with Gasteiger partial charge in [0, 0.05) is 4.91 Å². The van der Waals surface area contributed by atoms with Crippen LogP contribution in [0.3, 0.4) is 0 Å². The molecule has 0 saturated heterocycles. The molecular weight excluding hydrogens is 128 g/mol. The van der Waals surface area contributed by atoms with Gasteiger partial charge in [0.25, 0.3) is 0 Å². The molecule has 0 atom stereocenters. The molecule has 0 bridgehead atoms. The van der Waals surface area contributed by atoms with Crippen molar-refractivity contribution in [3.63, 3.8) is 0 Å². The van der Waals surface area contributed by atoms with Gasteiger partial charge in [-0.2, -0.15) is 0 Å². The van der Waals surface area contributed by atoms with Gasteiger partial charge in [-0.1, -0.05) is 25.3 Å². The minimum Gasteiger partial charge on any atom is -0.129 e. The maximum absolute atomic E-state index is 3.67. The zero-order chi connectivity index (χ0) is 7.28. The second-order valence-electron chi connectivity index (χ2n) is 1.66. The van der Waals surface area contributed by atoms with Crippen molar-refractivity contribution in [2.75, 3.05) is 6.26 Å². The summed E-state index contributed by atoms with van der Waals surface area (Å²) in [6.45, 7) is 9.36. The summed E-state index contributed by atoms with van der Waals surface area (Å²) in [4.78, 5) is 1.20. The van der Waals surface area contributed by atoms with Gasteiger partial charge in [0.05, 0.1) is 0 Å². The molecule has 0 amide bonds. The van der Waals surface area contributed by atoms with Crippen molar-refractivity contribution in [2.45, 2.75) is 6.92 Å². The second kappa shape index (κ2) is 4.45. The SMILES string of the molecule is C=C/C(C)=C(\C=C)SC. The first-order valence-corrected chi connectivity index (χ1v) is 3.98. The van der Waals surface area contributed by atoms with E-state index in [0.29, 0.717) is 0 Å². The molecule has 0 rings (SSSR count). The second-order valence-corrected chi connectivity index (χ2v) is 2.51. The monoisotopic (exact) mass is 140 g/mol. The lowest BCUT2D eigenvalue weighted by molar-refractivity contribution is 1.52. The number of thioether (sulfide) groups is 1. The van der Waals surface area contributed by atoms with E-state index in [0.717, 1.165) is 0 Å². The summed E-state index contributed by atoms with van der Waals surface area (Å²) >= 11 is 1.69. The zero-order valence-electron chi connectivity index (χ0n) is 5.98. The third kappa shape index (κ3) is 2.56. The van der Waals surface area contributed by atoms with Crippen LogP contribution in [-0.2, 0) is 0 Å². The standard InChI is InChI=1S/C8H12S/c1-5-7(3)8(6-2)9-4/h5-6H,1-2H2,3-4H3/b8-7+. The van der Waals surface area contributed by atoms with E-state index in [1.54, 1.807) is 11.8 Å². The Morgan fingerprint density at radius 3 is 2.00 bits per heavy atom. The van der Waals surface area contributed by atoms with Crippen LogP contribution in [0.2, 0.25) is 0 Å². The van der Waals surface area contributed by atoms with Crippen molar-refractivity contribution in [1.29, 1.82) is 0 Å². The van der Waals surface area contributed by atoms with Gasteiger partial charge in [-0.15, -0.1) is 11.8 Å². The average Bonchev–Trinajstić information content (AvgIpc) is 1.90.